The number of nitrogens with one attached hydrogen (secondary N) is 1. The minimum Gasteiger partial charge on any atom is -0.310 e. The Balaban J connectivity index is 2.89. The van der Waals surface area contributed by atoms with Gasteiger partial charge in [-0.3, -0.25) is 0 Å². The highest BCUT2D eigenvalue weighted by Gasteiger charge is 2.16. The third-order valence-corrected chi connectivity index (χ3v) is 4.53. The van der Waals surface area contributed by atoms with Crippen LogP contribution >= 0.6 is 34.2 Å². The third kappa shape index (κ3) is 5.06. The first kappa shape index (κ1) is 16.3. The number of benzene rings is 1. The van der Waals surface area contributed by atoms with Crippen LogP contribution in [0.5, 0.6) is 0 Å². The predicted molar refractivity (Wildman–Crippen MR) is 89.3 cm³/mol. The van der Waals surface area contributed by atoms with Gasteiger partial charge in [-0.05, 0) is 71.7 Å². The van der Waals surface area contributed by atoms with Crippen LogP contribution in [0.3, 0.4) is 0 Å². The van der Waals surface area contributed by atoms with Crippen molar-refractivity contribution in [2.45, 2.75) is 46.1 Å². The summed E-state index contributed by atoms with van der Waals surface area (Å²) < 4.78 is 1.30. The van der Waals surface area contributed by atoms with Crippen LogP contribution in [-0.4, -0.2) is 6.54 Å². The van der Waals surface area contributed by atoms with Crippen molar-refractivity contribution in [3.8, 4) is 0 Å². The molecule has 1 rings (SSSR count). The molecule has 1 aromatic carbocycles. The molecule has 0 saturated heterocycles. The van der Waals surface area contributed by atoms with Crippen molar-refractivity contribution >= 4 is 34.2 Å². The molecule has 0 saturated carbocycles. The normalized spacial score (nSPS) is 14.5. The molecule has 1 nitrogen and oxygen atoms in total. The topological polar surface area (TPSA) is 12.0 Å². The van der Waals surface area contributed by atoms with Crippen LogP contribution in [-0.2, 0) is 0 Å². The highest BCUT2D eigenvalue weighted by molar-refractivity contribution is 14.1. The zero-order chi connectivity index (χ0) is 13.5. The number of halogens is 2. The maximum Gasteiger partial charge on any atom is 0.0410 e. The molecule has 102 valence electrons. The fourth-order valence-corrected chi connectivity index (χ4v) is 2.88. The summed E-state index contributed by atoms with van der Waals surface area (Å²) >= 11 is 8.54. The quantitative estimate of drug-likeness (QED) is 0.624. The molecule has 0 aliphatic rings. The predicted octanol–water partition coefficient (Wildman–Crippen LogP) is 5.42. The molecule has 2 unspecified atom stereocenters. The number of rotatable bonds is 7. The summed E-state index contributed by atoms with van der Waals surface area (Å²) in [5.74, 6) is 0.731. The minimum absolute atomic E-state index is 0.422. The SMILES string of the molecule is CCCNC(CC(C)CC)c1cc(Cl)ccc1I. The molecule has 1 N–H and O–H groups in total. The van der Waals surface area contributed by atoms with Crippen molar-refractivity contribution in [3.05, 3.63) is 32.4 Å². The van der Waals surface area contributed by atoms with E-state index in [0.717, 1.165) is 23.9 Å². The molecule has 1 aromatic rings. The van der Waals surface area contributed by atoms with E-state index < -0.39 is 0 Å². The Morgan fingerprint density at radius 3 is 2.67 bits per heavy atom. The van der Waals surface area contributed by atoms with E-state index in [2.05, 4.69) is 60.8 Å². The molecule has 0 fully saturated rings. The lowest BCUT2D eigenvalue weighted by Gasteiger charge is -2.23. The summed E-state index contributed by atoms with van der Waals surface area (Å²) in [6.07, 6.45) is 3.56. The third-order valence-electron chi connectivity index (χ3n) is 3.31. The molecule has 3 heteroatoms. The Kier molecular flexibility index (Phi) is 7.57. The second kappa shape index (κ2) is 8.39. The Labute approximate surface area is 130 Å². The lowest BCUT2D eigenvalue weighted by Crippen LogP contribution is -2.24. The molecule has 0 aromatic heterocycles. The lowest BCUT2D eigenvalue weighted by molar-refractivity contribution is 0.401. The number of hydrogen-bond donors (Lipinski definition) is 1. The van der Waals surface area contributed by atoms with Crippen molar-refractivity contribution in [2.24, 2.45) is 5.92 Å². The van der Waals surface area contributed by atoms with Crippen molar-refractivity contribution in [1.29, 1.82) is 0 Å². The summed E-state index contributed by atoms with van der Waals surface area (Å²) in [7, 11) is 0. The van der Waals surface area contributed by atoms with Crippen molar-refractivity contribution < 1.29 is 0 Å². The van der Waals surface area contributed by atoms with E-state index in [9.17, 15) is 0 Å². The van der Waals surface area contributed by atoms with Gasteiger partial charge >= 0.3 is 0 Å². The van der Waals surface area contributed by atoms with Crippen LogP contribution in [0.15, 0.2) is 18.2 Å². The Hall–Kier alpha value is 0.200. The van der Waals surface area contributed by atoms with Crippen molar-refractivity contribution in [2.75, 3.05) is 6.54 Å². The van der Waals surface area contributed by atoms with Crippen molar-refractivity contribution in [3.63, 3.8) is 0 Å². The maximum absolute atomic E-state index is 6.13. The molecule has 0 aliphatic heterocycles. The molecular formula is C15H23ClIN. The number of hydrogen-bond acceptors (Lipinski definition) is 1. The fourth-order valence-electron chi connectivity index (χ4n) is 1.99. The van der Waals surface area contributed by atoms with Gasteiger partial charge in [0, 0.05) is 14.6 Å². The average molecular weight is 380 g/mol. The molecule has 0 heterocycles. The van der Waals surface area contributed by atoms with Gasteiger partial charge in [-0.1, -0.05) is 38.8 Å². The first-order chi connectivity index (χ1) is 8.58. The van der Waals surface area contributed by atoms with E-state index in [1.165, 1.54) is 22.0 Å². The van der Waals surface area contributed by atoms with Gasteiger partial charge < -0.3 is 5.32 Å². The monoisotopic (exact) mass is 379 g/mol. The molecule has 0 aliphatic carbocycles. The molecule has 0 spiro atoms. The van der Waals surface area contributed by atoms with Crippen LogP contribution < -0.4 is 5.32 Å². The van der Waals surface area contributed by atoms with E-state index in [-0.39, 0.29) is 0 Å². The second-order valence-electron chi connectivity index (χ2n) is 4.92. The Bertz CT molecular complexity index is 368. The van der Waals surface area contributed by atoms with E-state index in [1.807, 2.05) is 6.07 Å². The molecule has 0 bridgehead atoms. The highest BCUT2D eigenvalue weighted by atomic mass is 127. The highest BCUT2D eigenvalue weighted by Crippen LogP contribution is 2.29. The summed E-state index contributed by atoms with van der Waals surface area (Å²) in [4.78, 5) is 0. The Morgan fingerprint density at radius 1 is 1.33 bits per heavy atom. The van der Waals surface area contributed by atoms with Gasteiger partial charge in [-0.25, -0.2) is 0 Å². The van der Waals surface area contributed by atoms with Gasteiger partial charge in [-0.2, -0.15) is 0 Å². The average Bonchev–Trinajstić information content (AvgIpc) is 2.37. The molecular weight excluding hydrogens is 357 g/mol. The Morgan fingerprint density at radius 2 is 2.06 bits per heavy atom. The van der Waals surface area contributed by atoms with Crippen LogP contribution in [0.1, 0.15) is 51.6 Å². The van der Waals surface area contributed by atoms with E-state index in [4.69, 9.17) is 11.6 Å². The van der Waals surface area contributed by atoms with Gasteiger partial charge in [0.25, 0.3) is 0 Å². The van der Waals surface area contributed by atoms with Gasteiger partial charge in [0.15, 0.2) is 0 Å². The first-order valence-electron chi connectivity index (χ1n) is 6.76. The molecule has 18 heavy (non-hydrogen) atoms. The van der Waals surface area contributed by atoms with Crippen LogP contribution in [0.25, 0.3) is 0 Å². The largest absolute Gasteiger partial charge is 0.310 e. The standard InChI is InChI=1S/C15H23ClIN/c1-4-8-18-15(9-11(3)5-2)13-10-12(16)6-7-14(13)17/h6-7,10-11,15,18H,4-5,8-9H2,1-3H3. The van der Waals surface area contributed by atoms with Gasteiger partial charge in [-0.15, -0.1) is 0 Å². The lowest BCUT2D eigenvalue weighted by atomic mass is 9.94. The summed E-state index contributed by atoms with van der Waals surface area (Å²) in [6.45, 7) is 7.84. The minimum atomic E-state index is 0.422. The van der Waals surface area contributed by atoms with Gasteiger partial charge in [0.2, 0.25) is 0 Å². The molecule has 2 atom stereocenters. The maximum atomic E-state index is 6.13. The van der Waals surface area contributed by atoms with E-state index in [1.54, 1.807) is 0 Å². The van der Waals surface area contributed by atoms with E-state index >= 15 is 0 Å². The first-order valence-corrected chi connectivity index (χ1v) is 8.22. The second-order valence-corrected chi connectivity index (χ2v) is 6.52. The zero-order valence-corrected chi connectivity index (χ0v) is 14.4. The van der Waals surface area contributed by atoms with Crippen molar-refractivity contribution in [1.82, 2.24) is 5.32 Å². The summed E-state index contributed by atoms with van der Waals surface area (Å²) in [6, 6.07) is 6.60. The van der Waals surface area contributed by atoms with Crippen LogP contribution in [0, 0.1) is 9.49 Å². The summed E-state index contributed by atoms with van der Waals surface area (Å²) in [5.41, 5.74) is 1.34. The smallest absolute Gasteiger partial charge is 0.0410 e. The van der Waals surface area contributed by atoms with Gasteiger partial charge in [0.05, 0.1) is 0 Å². The molecule has 0 radical (unpaired) electrons. The van der Waals surface area contributed by atoms with Gasteiger partial charge in [0.1, 0.15) is 0 Å². The fraction of sp³-hybridized carbons (Fsp3) is 0.600. The van der Waals surface area contributed by atoms with Crippen LogP contribution in [0.2, 0.25) is 5.02 Å². The zero-order valence-electron chi connectivity index (χ0n) is 11.5. The summed E-state index contributed by atoms with van der Waals surface area (Å²) in [5, 5.41) is 4.49. The van der Waals surface area contributed by atoms with E-state index in [0.29, 0.717) is 6.04 Å². The van der Waals surface area contributed by atoms with Crippen LogP contribution in [0.4, 0.5) is 0 Å². The molecule has 0 amide bonds.